The number of nitrogens with zero attached hydrogens (tertiary/aromatic N) is 4. The summed E-state index contributed by atoms with van der Waals surface area (Å²) in [5.74, 6) is 1.06. The average molecular weight is 342 g/mol. The van der Waals surface area contributed by atoms with E-state index in [-0.39, 0.29) is 11.9 Å². The molecule has 3 rings (SSSR count). The highest BCUT2D eigenvalue weighted by atomic mass is 19.4. The van der Waals surface area contributed by atoms with Crippen LogP contribution in [0.1, 0.15) is 17.9 Å². The van der Waals surface area contributed by atoms with Crippen LogP contribution < -0.4 is 10.6 Å². The minimum absolute atomic E-state index is 0.0603. The van der Waals surface area contributed by atoms with Gasteiger partial charge in [0.1, 0.15) is 11.6 Å². The molecule has 2 amide bonds. The van der Waals surface area contributed by atoms with Crippen LogP contribution >= 0.6 is 0 Å². The van der Waals surface area contributed by atoms with Crippen LogP contribution in [0.2, 0.25) is 0 Å². The predicted octanol–water partition coefficient (Wildman–Crippen LogP) is 2.02. The number of hydrogen-bond donors (Lipinski definition) is 2. The molecule has 1 atom stereocenters. The lowest BCUT2D eigenvalue weighted by atomic mass is 9.99. The van der Waals surface area contributed by atoms with E-state index < -0.39 is 11.9 Å². The van der Waals surface area contributed by atoms with Gasteiger partial charge in [-0.05, 0) is 12.3 Å². The second-order valence-electron chi connectivity index (χ2n) is 5.77. The molecule has 0 bridgehead atoms. The number of rotatable bonds is 3. The second kappa shape index (κ2) is 6.17. The molecule has 0 aliphatic carbocycles. The highest BCUT2D eigenvalue weighted by Crippen LogP contribution is 2.30. The van der Waals surface area contributed by atoms with Crippen molar-refractivity contribution in [1.29, 1.82) is 0 Å². The van der Waals surface area contributed by atoms with Crippen LogP contribution in [0.5, 0.6) is 0 Å². The quantitative estimate of drug-likeness (QED) is 0.896. The normalized spacial score (nSPS) is 17.4. The first kappa shape index (κ1) is 16.3. The maximum absolute atomic E-state index is 12.7. The molecule has 2 aromatic rings. The monoisotopic (exact) mass is 342 g/mol. The van der Waals surface area contributed by atoms with Crippen molar-refractivity contribution < 1.29 is 18.0 Å². The van der Waals surface area contributed by atoms with Gasteiger partial charge in [-0.15, -0.1) is 0 Å². The summed E-state index contributed by atoms with van der Waals surface area (Å²) in [7, 11) is 1.70. The van der Waals surface area contributed by atoms with E-state index in [9.17, 15) is 18.0 Å². The number of imidazole rings is 1. The van der Waals surface area contributed by atoms with Gasteiger partial charge in [0.2, 0.25) is 0 Å². The van der Waals surface area contributed by atoms with E-state index in [1.165, 1.54) is 9.25 Å². The highest BCUT2D eigenvalue weighted by Gasteiger charge is 2.35. The number of urea groups is 1. The Labute approximate surface area is 135 Å². The van der Waals surface area contributed by atoms with Crippen molar-refractivity contribution in [3.8, 4) is 0 Å². The fourth-order valence-electron chi connectivity index (χ4n) is 2.71. The minimum atomic E-state index is -4.43. The molecule has 0 saturated heterocycles. The van der Waals surface area contributed by atoms with Crippen LogP contribution in [-0.4, -0.2) is 31.9 Å². The van der Waals surface area contributed by atoms with Crippen molar-refractivity contribution in [3.05, 3.63) is 30.0 Å². The van der Waals surface area contributed by atoms with Gasteiger partial charge in [-0.3, -0.25) is 10.00 Å². The van der Waals surface area contributed by atoms with Gasteiger partial charge in [0, 0.05) is 38.8 Å². The lowest BCUT2D eigenvalue weighted by Gasteiger charge is -2.23. The number of carbonyl (C=O) groups is 1. The van der Waals surface area contributed by atoms with Crippen LogP contribution in [0.3, 0.4) is 0 Å². The van der Waals surface area contributed by atoms with Crippen molar-refractivity contribution >= 4 is 11.8 Å². The van der Waals surface area contributed by atoms with Crippen LogP contribution in [-0.2, 0) is 26.2 Å². The number of anilines is 1. The van der Waals surface area contributed by atoms with Crippen LogP contribution in [0.4, 0.5) is 23.8 Å². The summed E-state index contributed by atoms with van der Waals surface area (Å²) in [6, 6.07) is 1.29. The molecule has 1 aliphatic heterocycles. The Balaban J connectivity index is 1.53. The van der Waals surface area contributed by atoms with E-state index in [1.807, 2.05) is 0 Å². The minimum Gasteiger partial charge on any atom is -0.337 e. The molecule has 130 valence electrons. The second-order valence-corrected chi connectivity index (χ2v) is 5.77. The summed E-state index contributed by atoms with van der Waals surface area (Å²) in [6.45, 7) is 0.785. The number of amides is 2. The van der Waals surface area contributed by atoms with Crippen LogP contribution in [0.25, 0.3) is 0 Å². The first-order chi connectivity index (χ1) is 11.3. The van der Waals surface area contributed by atoms with Gasteiger partial charge in [-0.2, -0.15) is 18.3 Å². The van der Waals surface area contributed by atoms with Crippen molar-refractivity contribution in [2.45, 2.75) is 25.6 Å². The zero-order valence-electron chi connectivity index (χ0n) is 13.0. The van der Waals surface area contributed by atoms with Crippen molar-refractivity contribution in [3.63, 3.8) is 0 Å². The molecule has 24 heavy (non-hydrogen) atoms. The Bertz CT molecular complexity index is 735. The number of halogens is 3. The summed E-state index contributed by atoms with van der Waals surface area (Å²) in [5.41, 5.74) is -0.861. The number of alkyl halides is 3. The molecular weight excluding hydrogens is 325 g/mol. The summed E-state index contributed by atoms with van der Waals surface area (Å²) in [6.07, 6.45) is -0.681. The Morgan fingerprint density at radius 1 is 1.46 bits per heavy atom. The molecule has 10 heteroatoms. The molecule has 7 nitrogen and oxygen atoms in total. The smallest absolute Gasteiger partial charge is 0.337 e. The van der Waals surface area contributed by atoms with Gasteiger partial charge in [0.05, 0.1) is 6.20 Å². The fourth-order valence-corrected chi connectivity index (χ4v) is 2.71. The first-order valence-electron chi connectivity index (χ1n) is 7.49. The Morgan fingerprint density at radius 3 is 2.92 bits per heavy atom. The van der Waals surface area contributed by atoms with E-state index in [1.54, 1.807) is 19.3 Å². The summed E-state index contributed by atoms with van der Waals surface area (Å²) < 4.78 is 41.1. The molecule has 2 aromatic heterocycles. The molecule has 0 unspecified atom stereocenters. The van der Waals surface area contributed by atoms with Crippen molar-refractivity contribution in [1.82, 2.24) is 24.6 Å². The molecule has 0 fully saturated rings. The van der Waals surface area contributed by atoms with E-state index in [0.717, 1.165) is 6.20 Å². The third kappa shape index (κ3) is 3.52. The number of nitrogens with one attached hydrogen (secondary N) is 2. The highest BCUT2D eigenvalue weighted by molar-refractivity contribution is 5.88. The molecule has 2 N–H and O–H groups in total. The molecule has 0 spiro atoms. The van der Waals surface area contributed by atoms with E-state index in [0.29, 0.717) is 37.6 Å². The lowest BCUT2D eigenvalue weighted by Crippen LogP contribution is -2.36. The maximum atomic E-state index is 12.7. The molecule has 0 aromatic carbocycles. The zero-order valence-corrected chi connectivity index (χ0v) is 13.0. The summed E-state index contributed by atoms with van der Waals surface area (Å²) in [4.78, 5) is 15.5. The number of hydrogen-bond acceptors (Lipinski definition) is 3. The third-order valence-corrected chi connectivity index (χ3v) is 3.99. The van der Waals surface area contributed by atoms with Gasteiger partial charge in [-0.1, -0.05) is 0 Å². The fraction of sp³-hybridized carbons (Fsp3) is 0.500. The first-order valence-corrected chi connectivity index (χ1v) is 7.49. The van der Waals surface area contributed by atoms with E-state index in [2.05, 4.69) is 20.7 Å². The van der Waals surface area contributed by atoms with Crippen LogP contribution in [0.15, 0.2) is 18.5 Å². The van der Waals surface area contributed by atoms with E-state index in [4.69, 9.17) is 0 Å². The van der Waals surface area contributed by atoms with Gasteiger partial charge in [-0.25, -0.2) is 9.78 Å². The predicted molar refractivity (Wildman–Crippen MR) is 79.3 cm³/mol. The molecular formula is C14H17F3N6O. The molecule has 0 radical (unpaired) electrons. The number of fused-ring (bicyclic) bond motifs is 1. The summed E-state index contributed by atoms with van der Waals surface area (Å²) in [5, 5.41) is 9.33. The van der Waals surface area contributed by atoms with Gasteiger partial charge >= 0.3 is 12.2 Å². The molecule has 0 saturated carbocycles. The Hall–Kier alpha value is -2.52. The molecule has 3 heterocycles. The standard InChI is InChI=1S/C14H17F3N6O/c1-22-11(4-5-19-22)21-13(24)18-6-9-2-3-12-20-10(14(15,16)17)8-23(12)7-9/h4-5,8-9H,2-3,6-7H2,1H3,(H2,18,21,24)/t9-/m1/s1. The molecule has 1 aliphatic rings. The number of aryl methyl sites for hydroxylation is 2. The Morgan fingerprint density at radius 2 is 2.25 bits per heavy atom. The topological polar surface area (TPSA) is 76.8 Å². The number of carbonyl (C=O) groups excluding carboxylic acids is 1. The summed E-state index contributed by atoms with van der Waals surface area (Å²) >= 11 is 0. The van der Waals surface area contributed by atoms with Gasteiger partial charge in [0.25, 0.3) is 0 Å². The number of aromatic nitrogens is 4. The van der Waals surface area contributed by atoms with Crippen molar-refractivity contribution in [2.24, 2.45) is 13.0 Å². The average Bonchev–Trinajstić information content (AvgIpc) is 3.11. The lowest BCUT2D eigenvalue weighted by molar-refractivity contribution is -0.141. The SMILES string of the molecule is Cn1nccc1NC(=O)NC[C@H]1CCc2nc(C(F)(F)F)cn2C1. The zero-order chi connectivity index (χ0) is 17.3. The van der Waals surface area contributed by atoms with Gasteiger partial charge < -0.3 is 9.88 Å². The maximum Gasteiger partial charge on any atom is 0.434 e. The van der Waals surface area contributed by atoms with Crippen LogP contribution in [0, 0.1) is 5.92 Å². The van der Waals surface area contributed by atoms with E-state index >= 15 is 0 Å². The van der Waals surface area contributed by atoms with Crippen molar-refractivity contribution in [2.75, 3.05) is 11.9 Å². The largest absolute Gasteiger partial charge is 0.434 e. The third-order valence-electron chi connectivity index (χ3n) is 3.99. The Kier molecular flexibility index (Phi) is 4.20. The van der Waals surface area contributed by atoms with Gasteiger partial charge in [0.15, 0.2) is 5.69 Å².